The van der Waals surface area contributed by atoms with Crippen molar-refractivity contribution in [3.8, 4) is 5.75 Å². The van der Waals surface area contributed by atoms with Gasteiger partial charge in [-0.05, 0) is 32.0 Å². The average Bonchev–Trinajstić information content (AvgIpc) is 2.52. The smallest absolute Gasteiger partial charge is 0.124 e. The number of hydrogen-bond acceptors (Lipinski definition) is 3. The van der Waals surface area contributed by atoms with Gasteiger partial charge in [0.2, 0.25) is 0 Å². The van der Waals surface area contributed by atoms with Crippen LogP contribution in [0.2, 0.25) is 0 Å². The SMILES string of the molecule is CCOc1ccccc1CN1c2ccccc2NCC1C. The second-order valence-corrected chi connectivity index (χ2v) is 5.42. The van der Waals surface area contributed by atoms with Gasteiger partial charge in [0.15, 0.2) is 0 Å². The largest absolute Gasteiger partial charge is 0.494 e. The molecule has 1 atom stereocenters. The summed E-state index contributed by atoms with van der Waals surface area (Å²) in [6.45, 7) is 6.82. The van der Waals surface area contributed by atoms with Crippen LogP contribution in [0.3, 0.4) is 0 Å². The second-order valence-electron chi connectivity index (χ2n) is 5.42. The number of hydrogen-bond donors (Lipinski definition) is 1. The van der Waals surface area contributed by atoms with Crippen molar-refractivity contribution in [1.82, 2.24) is 0 Å². The summed E-state index contributed by atoms with van der Waals surface area (Å²) >= 11 is 0. The molecule has 21 heavy (non-hydrogen) atoms. The molecule has 0 aromatic heterocycles. The minimum absolute atomic E-state index is 0.453. The molecule has 3 nitrogen and oxygen atoms in total. The molecule has 1 heterocycles. The fourth-order valence-electron chi connectivity index (χ4n) is 2.83. The molecule has 0 aliphatic carbocycles. The highest BCUT2D eigenvalue weighted by Crippen LogP contribution is 2.33. The Morgan fingerprint density at radius 3 is 2.76 bits per heavy atom. The molecule has 0 spiro atoms. The van der Waals surface area contributed by atoms with Gasteiger partial charge in [0.05, 0.1) is 18.0 Å². The quantitative estimate of drug-likeness (QED) is 0.920. The molecule has 1 unspecified atom stereocenters. The van der Waals surface area contributed by atoms with Gasteiger partial charge in [-0.25, -0.2) is 0 Å². The van der Waals surface area contributed by atoms with E-state index in [1.165, 1.54) is 16.9 Å². The lowest BCUT2D eigenvalue weighted by molar-refractivity contribution is 0.336. The summed E-state index contributed by atoms with van der Waals surface area (Å²) in [6, 6.07) is 17.3. The van der Waals surface area contributed by atoms with E-state index in [0.29, 0.717) is 12.6 Å². The molecule has 0 amide bonds. The van der Waals surface area contributed by atoms with E-state index in [9.17, 15) is 0 Å². The van der Waals surface area contributed by atoms with E-state index < -0.39 is 0 Å². The number of para-hydroxylation sites is 3. The van der Waals surface area contributed by atoms with Gasteiger partial charge >= 0.3 is 0 Å². The van der Waals surface area contributed by atoms with E-state index in [0.717, 1.165) is 18.8 Å². The first-order valence-electron chi connectivity index (χ1n) is 7.60. The molecule has 1 aliphatic rings. The molecule has 0 saturated heterocycles. The summed E-state index contributed by atoms with van der Waals surface area (Å²) in [5.74, 6) is 0.989. The lowest BCUT2D eigenvalue weighted by atomic mass is 10.1. The molecule has 0 radical (unpaired) electrons. The van der Waals surface area contributed by atoms with Crippen molar-refractivity contribution in [3.05, 3.63) is 54.1 Å². The first kappa shape index (κ1) is 13.8. The monoisotopic (exact) mass is 282 g/mol. The Kier molecular flexibility index (Phi) is 4.00. The zero-order chi connectivity index (χ0) is 14.7. The summed E-state index contributed by atoms with van der Waals surface area (Å²) in [4.78, 5) is 2.45. The van der Waals surface area contributed by atoms with Crippen LogP contribution in [0, 0.1) is 0 Å². The fraction of sp³-hybridized carbons (Fsp3) is 0.333. The number of ether oxygens (including phenoxy) is 1. The second kappa shape index (κ2) is 6.08. The van der Waals surface area contributed by atoms with Crippen LogP contribution in [0.1, 0.15) is 19.4 Å². The van der Waals surface area contributed by atoms with E-state index in [2.05, 4.69) is 59.6 Å². The number of fused-ring (bicyclic) bond motifs is 1. The van der Waals surface area contributed by atoms with Gasteiger partial charge in [0, 0.05) is 24.7 Å². The van der Waals surface area contributed by atoms with Gasteiger partial charge in [0.25, 0.3) is 0 Å². The topological polar surface area (TPSA) is 24.5 Å². The van der Waals surface area contributed by atoms with Crippen LogP contribution >= 0.6 is 0 Å². The first-order valence-corrected chi connectivity index (χ1v) is 7.60. The zero-order valence-electron chi connectivity index (χ0n) is 12.7. The molecule has 1 aliphatic heterocycles. The van der Waals surface area contributed by atoms with Gasteiger partial charge in [0.1, 0.15) is 5.75 Å². The zero-order valence-corrected chi connectivity index (χ0v) is 12.7. The Morgan fingerprint density at radius 2 is 1.90 bits per heavy atom. The predicted octanol–water partition coefficient (Wildman–Crippen LogP) is 3.91. The first-order chi connectivity index (χ1) is 10.3. The highest BCUT2D eigenvalue weighted by molar-refractivity contribution is 5.72. The fourth-order valence-corrected chi connectivity index (χ4v) is 2.83. The summed E-state index contributed by atoms with van der Waals surface area (Å²) in [5, 5.41) is 3.49. The van der Waals surface area contributed by atoms with Crippen LogP contribution in [-0.4, -0.2) is 19.2 Å². The molecular weight excluding hydrogens is 260 g/mol. The van der Waals surface area contributed by atoms with Crippen LogP contribution in [0.4, 0.5) is 11.4 Å². The van der Waals surface area contributed by atoms with Crippen molar-refractivity contribution in [1.29, 1.82) is 0 Å². The summed E-state index contributed by atoms with van der Waals surface area (Å²) in [6.07, 6.45) is 0. The van der Waals surface area contributed by atoms with Crippen LogP contribution in [0.15, 0.2) is 48.5 Å². The minimum Gasteiger partial charge on any atom is -0.494 e. The van der Waals surface area contributed by atoms with Gasteiger partial charge in [-0.1, -0.05) is 30.3 Å². The van der Waals surface area contributed by atoms with E-state index in [4.69, 9.17) is 4.74 Å². The lowest BCUT2D eigenvalue weighted by Crippen LogP contribution is -2.41. The van der Waals surface area contributed by atoms with Gasteiger partial charge in [-0.15, -0.1) is 0 Å². The van der Waals surface area contributed by atoms with Crippen molar-refractivity contribution in [3.63, 3.8) is 0 Å². The maximum absolute atomic E-state index is 5.76. The molecule has 1 N–H and O–H groups in total. The van der Waals surface area contributed by atoms with Crippen molar-refractivity contribution < 1.29 is 4.74 Å². The highest BCUT2D eigenvalue weighted by Gasteiger charge is 2.23. The Balaban J connectivity index is 1.91. The summed E-state index contributed by atoms with van der Waals surface area (Å²) in [5.41, 5.74) is 3.72. The van der Waals surface area contributed by atoms with Crippen molar-refractivity contribution in [2.75, 3.05) is 23.4 Å². The molecule has 3 heteroatoms. The standard InChI is InChI=1S/C18H22N2O/c1-3-21-18-11-7-4-8-15(18)13-20-14(2)12-19-16-9-5-6-10-17(16)20/h4-11,14,19H,3,12-13H2,1-2H3. The van der Waals surface area contributed by atoms with Crippen LogP contribution in [0.25, 0.3) is 0 Å². The Hall–Kier alpha value is -2.16. The molecule has 110 valence electrons. The maximum Gasteiger partial charge on any atom is 0.124 e. The van der Waals surface area contributed by atoms with Gasteiger partial charge in [-0.3, -0.25) is 0 Å². The molecule has 2 aromatic carbocycles. The third-order valence-electron chi connectivity index (χ3n) is 3.95. The lowest BCUT2D eigenvalue weighted by Gasteiger charge is -2.38. The van der Waals surface area contributed by atoms with E-state index in [1.54, 1.807) is 0 Å². The Morgan fingerprint density at radius 1 is 1.14 bits per heavy atom. The molecule has 3 rings (SSSR count). The third kappa shape index (κ3) is 2.82. The Bertz CT molecular complexity index is 612. The molecule has 2 aromatic rings. The predicted molar refractivity (Wildman–Crippen MR) is 88.2 cm³/mol. The number of anilines is 2. The summed E-state index contributed by atoms with van der Waals surface area (Å²) in [7, 11) is 0. The number of benzene rings is 2. The summed E-state index contributed by atoms with van der Waals surface area (Å²) < 4.78 is 5.76. The number of nitrogens with one attached hydrogen (secondary N) is 1. The van der Waals surface area contributed by atoms with Gasteiger partial charge in [-0.2, -0.15) is 0 Å². The Labute approximate surface area is 126 Å². The van der Waals surface area contributed by atoms with Crippen molar-refractivity contribution >= 4 is 11.4 Å². The minimum atomic E-state index is 0.453. The van der Waals surface area contributed by atoms with Crippen molar-refractivity contribution in [2.24, 2.45) is 0 Å². The van der Waals surface area contributed by atoms with Crippen LogP contribution in [-0.2, 0) is 6.54 Å². The molecule has 0 bridgehead atoms. The molecule has 0 fully saturated rings. The van der Waals surface area contributed by atoms with E-state index in [1.807, 2.05) is 13.0 Å². The highest BCUT2D eigenvalue weighted by atomic mass is 16.5. The van der Waals surface area contributed by atoms with E-state index >= 15 is 0 Å². The number of nitrogens with zero attached hydrogens (tertiary/aromatic N) is 1. The normalized spacial score (nSPS) is 17.0. The van der Waals surface area contributed by atoms with Crippen molar-refractivity contribution in [2.45, 2.75) is 26.4 Å². The molecular formula is C18H22N2O. The number of rotatable bonds is 4. The average molecular weight is 282 g/mol. The third-order valence-corrected chi connectivity index (χ3v) is 3.95. The van der Waals surface area contributed by atoms with Crippen LogP contribution < -0.4 is 15.0 Å². The molecule has 0 saturated carbocycles. The van der Waals surface area contributed by atoms with E-state index in [-0.39, 0.29) is 0 Å². The van der Waals surface area contributed by atoms with Gasteiger partial charge < -0.3 is 15.0 Å². The maximum atomic E-state index is 5.76. The van der Waals surface area contributed by atoms with Crippen LogP contribution in [0.5, 0.6) is 5.75 Å².